The molecule has 20 heavy (non-hydrogen) atoms. The molecule has 5 nitrogen and oxygen atoms in total. The van der Waals surface area contributed by atoms with Gasteiger partial charge in [0.05, 0.1) is 5.92 Å². The minimum Gasteiger partial charge on any atom is -0.315 e. The minimum absolute atomic E-state index is 0.118. The van der Waals surface area contributed by atoms with Crippen LogP contribution in [0.4, 0.5) is 13.2 Å². The Morgan fingerprint density at radius 1 is 1.30 bits per heavy atom. The molecule has 2 rings (SSSR count). The van der Waals surface area contributed by atoms with E-state index in [4.69, 9.17) is 0 Å². The normalized spacial score (nSPS) is 19.4. The summed E-state index contributed by atoms with van der Waals surface area (Å²) < 4.78 is 63.1. The first-order chi connectivity index (χ1) is 9.12. The summed E-state index contributed by atoms with van der Waals surface area (Å²) in [5.41, 5.74) is 0.220. The van der Waals surface area contributed by atoms with E-state index in [2.05, 4.69) is 4.98 Å². The summed E-state index contributed by atoms with van der Waals surface area (Å²) in [5.74, 6) is -1.46. The van der Waals surface area contributed by atoms with Gasteiger partial charge in [0, 0.05) is 18.8 Å². The molecule has 0 atom stereocenters. The van der Waals surface area contributed by atoms with E-state index in [0.717, 1.165) is 4.31 Å². The van der Waals surface area contributed by atoms with Crippen LogP contribution < -0.4 is 4.87 Å². The van der Waals surface area contributed by atoms with E-state index in [1.807, 2.05) is 0 Å². The number of hydrogen-bond donors (Lipinski definition) is 1. The molecular formula is C10H13F3N2O3S2. The maximum absolute atomic E-state index is 12.5. The number of nitrogens with one attached hydrogen (secondary N) is 1. The molecule has 1 aromatic rings. The van der Waals surface area contributed by atoms with Crippen molar-refractivity contribution in [1.29, 1.82) is 0 Å². The molecule has 0 aliphatic carbocycles. The van der Waals surface area contributed by atoms with E-state index in [-0.39, 0.29) is 35.8 Å². The van der Waals surface area contributed by atoms with E-state index in [9.17, 15) is 26.4 Å². The van der Waals surface area contributed by atoms with Crippen molar-refractivity contribution >= 4 is 21.4 Å². The molecular weight excluding hydrogens is 317 g/mol. The highest BCUT2D eigenvalue weighted by Gasteiger charge is 2.43. The number of aromatic amines is 1. The highest BCUT2D eigenvalue weighted by molar-refractivity contribution is 7.91. The quantitative estimate of drug-likeness (QED) is 0.897. The molecule has 1 saturated heterocycles. The predicted molar refractivity (Wildman–Crippen MR) is 67.2 cm³/mol. The van der Waals surface area contributed by atoms with Crippen LogP contribution in [0, 0.1) is 12.8 Å². The topological polar surface area (TPSA) is 70.2 Å². The van der Waals surface area contributed by atoms with Crippen molar-refractivity contribution in [3.05, 3.63) is 15.4 Å². The van der Waals surface area contributed by atoms with Gasteiger partial charge in [-0.15, -0.1) is 0 Å². The summed E-state index contributed by atoms with van der Waals surface area (Å²) >= 11 is 0.558. The molecule has 1 fully saturated rings. The standard InChI is InChI=1S/C10H13F3N2O3S2/c1-6-8(19-9(16)14-6)20(17,18)15-4-2-7(3-5-15)10(11,12)13/h7H,2-5H2,1H3,(H,14,16). The van der Waals surface area contributed by atoms with E-state index < -0.39 is 27.0 Å². The molecule has 1 N–H and O–H groups in total. The first kappa shape index (κ1) is 15.5. The lowest BCUT2D eigenvalue weighted by Gasteiger charge is -2.31. The van der Waals surface area contributed by atoms with Gasteiger partial charge in [-0.1, -0.05) is 11.3 Å². The van der Waals surface area contributed by atoms with Gasteiger partial charge in [-0.3, -0.25) is 4.79 Å². The van der Waals surface area contributed by atoms with E-state index in [0.29, 0.717) is 11.3 Å². The number of aromatic nitrogens is 1. The van der Waals surface area contributed by atoms with Gasteiger partial charge >= 0.3 is 11.0 Å². The molecule has 114 valence electrons. The third-order valence-electron chi connectivity index (χ3n) is 3.27. The van der Waals surface area contributed by atoms with Crippen molar-refractivity contribution in [2.45, 2.75) is 30.2 Å². The van der Waals surface area contributed by atoms with Crippen molar-refractivity contribution in [3.63, 3.8) is 0 Å². The molecule has 1 aliphatic heterocycles. The summed E-state index contributed by atoms with van der Waals surface area (Å²) in [4.78, 5) is 13.0. The molecule has 0 amide bonds. The van der Waals surface area contributed by atoms with Crippen LogP contribution in [0.1, 0.15) is 18.5 Å². The molecule has 0 saturated carbocycles. The molecule has 0 spiro atoms. The Morgan fingerprint density at radius 3 is 2.25 bits per heavy atom. The van der Waals surface area contributed by atoms with E-state index >= 15 is 0 Å². The lowest BCUT2D eigenvalue weighted by Crippen LogP contribution is -2.42. The predicted octanol–water partition coefficient (Wildman–Crippen LogP) is 1.71. The SMILES string of the molecule is Cc1[nH]c(=O)sc1S(=O)(=O)N1CCC(C(F)(F)F)CC1. The largest absolute Gasteiger partial charge is 0.391 e. The van der Waals surface area contributed by atoms with E-state index in [1.165, 1.54) is 6.92 Å². The number of halogens is 3. The van der Waals surface area contributed by atoms with Gasteiger partial charge in [0.15, 0.2) is 4.21 Å². The number of hydrogen-bond acceptors (Lipinski definition) is 4. The number of H-pyrrole nitrogens is 1. The van der Waals surface area contributed by atoms with Gasteiger partial charge in [0.25, 0.3) is 10.0 Å². The Labute approximate surface area is 117 Å². The highest BCUT2D eigenvalue weighted by atomic mass is 32.2. The van der Waals surface area contributed by atoms with Gasteiger partial charge in [-0.25, -0.2) is 8.42 Å². The average Bonchev–Trinajstić information content (AvgIpc) is 2.68. The number of alkyl halides is 3. The fourth-order valence-electron chi connectivity index (χ4n) is 2.18. The fraction of sp³-hybridized carbons (Fsp3) is 0.700. The number of aryl methyl sites for hydroxylation is 1. The van der Waals surface area contributed by atoms with Crippen LogP contribution in [0.2, 0.25) is 0 Å². The maximum atomic E-state index is 12.5. The van der Waals surface area contributed by atoms with Gasteiger partial charge in [-0.05, 0) is 19.8 Å². The molecule has 0 radical (unpaired) electrons. The molecule has 1 aliphatic rings. The third-order valence-corrected chi connectivity index (χ3v) is 6.75. The number of thiazole rings is 1. The molecule has 1 aromatic heterocycles. The second kappa shape index (κ2) is 5.15. The summed E-state index contributed by atoms with van der Waals surface area (Å²) in [6, 6.07) is 0. The Bertz CT molecular complexity index is 639. The molecule has 2 heterocycles. The Morgan fingerprint density at radius 2 is 1.85 bits per heavy atom. The Hall–Kier alpha value is -0.870. The summed E-state index contributed by atoms with van der Waals surface area (Å²) in [6.07, 6.45) is -4.78. The van der Waals surface area contributed by atoms with Gasteiger partial charge < -0.3 is 4.98 Å². The monoisotopic (exact) mass is 330 g/mol. The van der Waals surface area contributed by atoms with Gasteiger partial charge in [-0.2, -0.15) is 17.5 Å². The molecule has 10 heteroatoms. The van der Waals surface area contributed by atoms with Crippen molar-refractivity contribution in [2.24, 2.45) is 5.92 Å². The molecule has 0 unspecified atom stereocenters. The lowest BCUT2D eigenvalue weighted by molar-refractivity contribution is -0.182. The number of piperidine rings is 1. The van der Waals surface area contributed by atoms with Crippen LogP contribution in [0.3, 0.4) is 0 Å². The number of nitrogens with zero attached hydrogens (tertiary/aromatic N) is 1. The van der Waals surface area contributed by atoms with Crippen LogP contribution in [-0.2, 0) is 10.0 Å². The van der Waals surface area contributed by atoms with Crippen molar-refractivity contribution in [1.82, 2.24) is 9.29 Å². The third kappa shape index (κ3) is 2.91. The molecule has 0 bridgehead atoms. The first-order valence-electron chi connectivity index (χ1n) is 5.89. The van der Waals surface area contributed by atoms with Crippen LogP contribution >= 0.6 is 11.3 Å². The van der Waals surface area contributed by atoms with Crippen LogP contribution in [0.5, 0.6) is 0 Å². The van der Waals surface area contributed by atoms with Crippen molar-refractivity contribution in [3.8, 4) is 0 Å². The zero-order chi connectivity index (χ0) is 15.1. The Kier molecular flexibility index (Phi) is 4.00. The fourth-order valence-corrected chi connectivity index (χ4v) is 5.08. The van der Waals surface area contributed by atoms with Crippen molar-refractivity contribution in [2.75, 3.05) is 13.1 Å². The van der Waals surface area contributed by atoms with E-state index in [1.54, 1.807) is 0 Å². The van der Waals surface area contributed by atoms with Gasteiger partial charge in [0.1, 0.15) is 0 Å². The van der Waals surface area contributed by atoms with Crippen LogP contribution in [0.25, 0.3) is 0 Å². The first-order valence-corrected chi connectivity index (χ1v) is 8.14. The minimum atomic E-state index is -4.29. The average molecular weight is 330 g/mol. The lowest BCUT2D eigenvalue weighted by atomic mass is 9.98. The smallest absolute Gasteiger partial charge is 0.315 e. The molecule has 0 aromatic carbocycles. The number of sulfonamides is 1. The summed E-state index contributed by atoms with van der Waals surface area (Å²) in [5, 5.41) is 0. The second-order valence-electron chi connectivity index (χ2n) is 4.65. The number of rotatable bonds is 2. The summed E-state index contributed by atoms with van der Waals surface area (Å²) in [6.45, 7) is 1.09. The maximum Gasteiger partial charge on any atom is 0.391 e. The van der Waals surface area contributed by atoms with Crippen LogP contribution in [0.15, 0.2) is 9.00 Å². The van der Waals surface area contributed by atoms with Gasteiger partial charge in [0.2, 0.25) is 0 Å². The Balaban J connectivity index is 2.18. The zero-order valence-corrected chi connectivity index (χ0v) is 12.2. The van der Waals surface area contributed by atoms with Crippen molar-refractivity contribution < 1.29 is 21.6 Å². The summed E-state index contributed by atoms with van der Waals surface area (Å²) in [7, 11) is -3.89. The second-order valence-corrected chi connectivity index (χ2v) is 7.76. The zero-order valence-electron chi connectivity index (χ0n) is 10.5. The highest BCUT2D eigenvalue weighted by Crippen LogP contribution is 2.35. The van der Waals surface area contributed by atoms with Crippen LogP contribution in [-0.4, -0.2) is 37.0 Å².